The predicted octanol–water partition coefficient (Wildman–Crippen LogP) is 4.16. The maximum Gasteiger partial charge on any atom is 0.253 e. The minimum absolute atomic E-state index is 0.0150. The van der Waals surface area contributed by atoms with E-state index in [2.05, 4.69) is 35.9 Å². The zero-order valence-corrected chi connectivity index (χ0v) is 17.7. The second-order valence-electron chi connectivity index (χ2n) is 8.08. The van der Waals surface area contributed by atoms with Crippen LogP contribution >= 0.6 is 0 Å². The number of likely N-dealkylation sites (tertiary alicyclic amines) is 1. The quantitative estimate of drug-likeness (QED) is 0.636. The Bertz CT molecular complexity index is 1120. The van der Waals surface area contributed by atoms with Gasteiger partial charge in [-0.15, -0.1) is 0 Å². The Kier molecular flexibility index (Phi) is 6.07. The molecule has 2 aromatic carbocycles. The molecule has 158 valence electrons. The number of nitrogens with zero attached hydrogens (tertiary/aromatic N) is 3. The summed E-state index contributed by atoms with van der Waals surface area (Å²) in [5, 5.41) is 3.74. The van der Waals surface area contributed by atoms with E-state index in [0.717, 1.165) is 42.5 Å². The van der Waals surface area contributed by atoms with Crippen molar-refractivity contribution in [3.63, 3.8) is 0 Å². The van der Waals surface area contributed by atoms with Gasteiger partial charge in [-0.1, -0.05) is 18.2 Å². The van der Waals surface area contributed by atoms with Crippen LogP contribution in [0, 0.1) is 12.8 Å². The van der Waals surface area contributed by atoms with E-state index in [1.165, 1.54) is 11.6 Å². The SMILES string of the molecule is C=CC(=O)Nc1ccc(C(=O)N2CCC[C@@H](Cc3ncc4cc(C)ccc4n3)C2)cc1. The van der Waals surface area contributed by atoms with Crippen LogP contribution in [0.4, 0.5) is 5.69 Å². The Hall–Kier alpha value is -3.54. The van der Waals surface area contributed by atoms with Crippen molar-refractivity contribution in [2.24, 2.45) is 5.92 Å². The lowest BCUT2D eigenvalue weighted by Crippen LogP contribution is -2.40. The number of carbonyl (C=O) groups excluding carboxylic acids is 2. The van der Waals surface area contributed by atoms with Crippen LogP contribution in [0.1, 0.15) is 34.6 Å². The van der Waals surface area contributed by atoms with Crippen LogP contribution in [-0.4, -0.2) is 39.8 Å². The summed E-state index contributed by atoms with van der Waals surface area (Å²) in [6.07, 6.45) is 5.90. The van der Waals surface area contributed by atoms with Crippen molar-refractivity contribution in [2.45, 2.75) is 26.2 Å². The summed E-state index contributed by atoms with van der Waals surface area (Å²) in [5.41, 5.74) is 3.42. The molecule has 0 aliphatic carbocycles. The van der Waals surface area contributed by atoms with Gasteiger partial charge >= 0.3 is 0 Å². The van der Waals surface area contributed by atoms with Gasteiger partial charge in [0.05, 0.1) is 5.52 Å². The number of carbonyl (C=O) groups is 2. The molecule has 1 aliphatic rings. The second-order valence-corrected chi connectivity index (χ2v) is 8.08. The summed E-state index contributed by atoms with van der Waals surface area (Å²) in [7, 11) is 0. The highest BCUT2D eigenvalue weighted by molar-refractivity contribution is 5.99. The molecule has 1 aliphatic heterocycles. The van der Waals surface area contributed by atoms with E-state index in [1.54, 1.807) is 24.3 Å². The second kappa shape index (κ2) is 9.08. The largest absolute Gasteiger partial charge is 0.338 e. The molecule has 1 N–H and O–H groups in total. The number of amides is 2. The molecule has 31 heavy (non-hydrogen) atoms. The van der Waals surface area contributed by atoms with E-state index in [4.69, 9.17) is 4.98 Å². The number of aromatic nitrogens is 2. The lowest BCUT2D eigenvalue weighted by molar-refractivity contribution is -0.111. The number of anilines is 1. The number of benzene rings is 2. The highest BCUT2D eigenvalue weighted by atomic mass is 16.2. The van der Waals surface area contributed by atoms with Gasteiger partial charge in [0.15, 0.2) is 0 Å². The van der Waals surface area contributed by atoms with Gasteiger partial charge in [0.1, 0.15) is 5.82 Å². The molecule has 6 nitrogen and oxygen atoms in total. The molecule has 0 spiro atoms. The summed E-state index contributed by atoms with van der Waals surface area (Å²) in [6, 6.07) is 13.2. The number of rotatable bonds is 5. The Morgan fingerprint density at radius 3 is 2.81 bits per heavy atom. The molecule has 0 unspecified atom stereocenters. The van der Waals surface area contributed by atoms with E-state index in [9.17, 15) is 9.59 Å². The number of hydrogen-bond acceptors (Lipinski definition) is 4. The van der Waals surface area contributed by atoms with Crippen LogP contribution in [-0.2, 0) is 11.2 Å². The van der Waals surface area contributed by atoms with Gasteiger partial charge in [-0.05, 0) is 68.2 Å². The maximum atomic E-state index is 13.0. The molecule has 3 aromatic rings. The Labute approximate surface area is 182 Å². The maximum absolute atomic E-state index is 13.0. The van der Waals surface area contributed by atoms with Crippen LogP contribution in [0.25, 0.3) is 10.9 Å². The molecular weight excluding hydrogens is 388 g/mol. The predicted molar refractivity (Wildman–Crippen MR) is 122 cm³/mol. The van der Waals surface area contributed by atoms with Crippen molar-refractivity contribution in [1.29, 1.82) is 0 Å². The molecule has 4 rings (SSSR count). The third-order valence-corrected chi connectivity index (χ3v) is 5.65. The summed E-state index contributed by atoms with van der Waals surface area (Å²) in [6.45, 7) is 6.95. The number of fused-ring (bicyclic) bond motifs is 1. The molecule has 1 fully saturated rings. The van der Waals surface area contributed by atoms with Crippen molar-refractivity contribution in [3.05, 3.63) is 78.3 Å². The topological polar surface area (TPSA) is 75.2 Å². The molecule has 6 heteroatoms. The van der Waals surface area contributed by atoms with E-state index >= 15 is 0 Å². The highest BCUT2D eigenvalue weighted by Crippen LogP contribution is 2.23. The summed E-state index contributed by atoms with van der Waals surface area (Å²) in [4.78, 5) is 35.6. The summed E-state index contributed by atoms with van der Waals surface area (Å²) < 4.78 is 0. The zero-order chi connectivity index (χ0) is 21.8. The van der Waals surface area contributed by atoms with E-state index in [0.29, 0.717) is 23.7 Å². The van der Waals surface area contributed by atoms with Crippen LogP contribution in [0.2, 0.25) is 0 Å². The lowest BCUT2D eigenvalue weighted by atomic mass is 9.94. The third kappa shape index (κ3) is 4.97. The van der Waals surface area contributed by atoms with E-state index in [1.807, 2.05) is 17.2 Å². The zero-order valence-electron chi connectivity index (χ0n) is 17.7. The van der Waals surface area contributed by atoms with Gasteiger partial charge in [0.25, 0.3) is 5.91 Å². The van der Waals surface area contributed by atoms with Crippen molar-refractivity contribution in [1.82, 2.24) is 14.9 Å². The Morgan fingerprint density at radius 2 is 2.03 bits per heavy atom. The molecule has 0 bridgehead atoms. The lowest BCUT2D eigenvalue weighted by Gasteiger charge is -2.32. The van der Waals surface area contributed by atoms with Gasteiger partial charge < -0.3 is 10.2 Å². The molecule has 1 saturated heterocycles. The smallest absolute Gasteiger partial charge is 0.253 e. The van der Waals surface area contributed by atoms with Gasteiger partial charge in [-0.25, -0.2) is 9.97 Å². The fourth-order valence-corrected chi connectivity index (χ4v) is 4.04. The van der Waals surface area contributed by atoms with Crippen molar-refractivity contribution < 1.29 is 9.59 Å². The Balaban J connectivity index is 1.41. The fourth-order valence-electron chi connectivity index (χ4n) is 4.04. The summed E-state index contributed by atoms with van der Waals surface area (Å²) >= 11 is 0. The third-order valence-electron chi connectivity index (χ3n) is 5.65. The molecule has 0 saturated carbocycles. The average Bonchev–Trinajstić information content (AvgIpc) is 2.79. The standard InChI is InChI=1S/C25H26N4O2/c1-3-24(30)27-21-9-7-19(8-10-21)25(31)29-12-4-5-18(16-29)14-23-26-15-20-13-17(2)6-11-22(20)28-23/h3,6-11,13,15,18H,1,4-5,12,14,16H2,2H3,(H,27,30)/t18-/m0/s1. The van der Waals surface area contributed by atoms with Crippen molar-refractivity contribution in [3.8, 4) is 0 Å². The minimum atomic E-state index is -0.274. The summed E-state index contributed by atoms with van der Waals surface area (Å²) in [5.74, 6) is 0.912. The molecule has 2 heterocycles. The molecule has 1 atom stereocenters. The van der Waals surface area contributed by atoms with Gasteiger partial charge in [-0.2, -0.15) is 0 Å². The number of nitrogens with one attached hydrogen (secondary N) is 1. The molecule has 2 amide bonds. The van der Waals surface area contributed by atoms with Gasteiger partial charge in [0, 0.05) is 42.3 Å². The van der Waals surface area contributed by atoms with E-state index in [-0.39, 0.29) is 11.8 Å². The fraction of sp³-hybridized carbons (Fsp3) is 0.280. The molecular formula is C25H26N4O2. The van der Waals surface area contributed by atoms with Crippen LogP contribution in [0.3, 0.4) is 0 Å². The van der Waals surface area contributed by atoms with E-state index < -0.39 is 0 Å². The monoisotopic (exact) mass is 414 g/mol. The molecule has 0 radical (unpaired) electrons. The van der Waals surface area contributed by atoms with Crippen LogP contribution in [0.5, 0.6) is 0 Å². The highest BCUT2D eigenvalue weighted by Gasteiger charge is 2.25. The van der Waals surface area contributed by atoms with Crippen molar-refractivity contribution in [2.75, 3.05) is 18.4 Å². The van der Waals surface area contributed by atoms with Gasteiger partial charge in [-0.3, -0.25) is 9.59 Å². The average molecular weight is 415 g/mol. The first-order valence-electron chi connectivity index (χ1n) is 10.6. The first kappa shape index (κ1) is 20.7. The Morgan fingerprint density at radius 1 is 1.23 bits per heavy atom. The number of piperidine rings is 1. The van der Waals surface area contributed by atoms with Crippen LogP contribution in [0.15, 0.2) is 61.3 Å². The minimum Gasteiger partial charge on any atom is -0.338 e. The van der Waals surface area contributed by atoms with Gasteiger partial charge in [0.2, 0.25) is 5.91 Å². The first-order chi connectivity index (χ1) is 15.0. The number of hydrogen-bond donors (Lipinski definition) is 1. The first-order valence-corrected chi connectivity index (χ1v) is 10.6. The van der Waals surface area contributed by atoms with Crippen LogP contribution < -0.4 is 5.32 Å². The molecule has 1 aromatic heterocycles. The van der Waals surface area contributed by atoms with Crippen molar-refractivity contribution >= 4 is 28.4 Å². The number of aryl methyl sites for hydroxylation is 1. The normalized spacial score (nSPS) is 16.2.